The molecule has 0 aromatic carbocycles. The van der Waals surface area contributed by atoms with E-state index in [0.29, 0.717) is 25.0 Å². The number of rotatable bonds is 10. The lowest BCUT2D eigenvalue weighted by atomic mass is 9.84. The van der Waals surface area contributed by atoms with Crippen LogP contribution in [-0.2, 0) is 4.79 Å². The van der Waals surface area contributed by atoms with Crippen molar-refractivity contribution in [3.8, 4) is 0 Å². The molecule has 0 radical (unpaired) electrons. The van der Waals surface area contributed by atoms with Gasteiger partial charge in [-0.2, -0.15) is 0 Å². The molecule has 0 heterocycles. The molecule has 4 heteroatoms. The number of carbonyl (C=O) groups is 1. The predicted molar refractivity (Wildman–Crippen MR) is 86.7 cm³/mol. The molecule has 0 fully saturated rings. The SMILES string of the molecule is CC(C)N(CCNC(=O)CCC(C)(C)CCN)C(C)C. The number of nitrogens with zero attached hydrogens (tertiary/aromatic N) is 1. The Kier molecular flexibility index (Phi) is 9.06. The Morgan fingerprint density at radius 2 is 1.70 bits per heavy atom. The first-order valence-corrected chi connectivity index (χ1v) is 7.92. The Balaban J connectivity index is 3.94. The van der Waals surface area contributed by atoms with Gasteiger partial charge in [0, 0.05) is 31.6 Å². The largest absolute Gasteiger partial charge is 0.355 e. The van der Waals surface area contributed by atoms with Gasteiger partial charge in [0.05, 0.1) is 0 Å². The summed E-state index contributed by atoms with van der Waals surface area (Å²) < 4.78 is 0. The van der Waals surface area contributed by atoms with Gasteiger partial charge in [-0.25, -0.2) is 0 Å². The minimum absolute atomic E-state index is 0.155. The summed E-state index contributed by atoms with van der Waals surface area (Å²) >= 11 is 0. The van der Waals surface area contributed by atoms with Crippen molar-refractivity contribution in [2.45, 2.75) is 72.9 Å². The van der Waals surface area contributed by atoms with E-state index in [1.807, 2.05) is 0 Å². The molecule has 0 saturated heterocycles. The van der Waals surface area contributed by atoms with Crippen molar-refractivity contribution in [3.05, 3.63) is 0 Å². The third-order valence-electron chi connectivity index (χ3n) is 3.87. The monoisotopic (exact) mass is 285 g/mol. The zero-order chi connectivity index (χ0) is 15.8. The molecular weight excluding hydrogens is 250 g/mol. The van der Waals surface area contributed by atoms with E-state index in [2.05, 4.69) is 51.8 Å². The molecular formula is C16H35N3O. The Bertz CT molecular complexity index is 267. The van der Waals surface area contributed by atoms with Gasteiger partial charge in [-0.15, -0.1) is 0 Å². The fourth-order valence-corrected chi connectivity index (χ4v) is 2.49. The highest BCUT2D eigenvalue weighted by Crippen LogP contribution is 2.25. The van der Waals surface area contributed by atoms with Crippen molar-refractivity contribution in [1.29, 1.82) is 0 Å². The van der Waals surface area contributed by atoms with Crippen LogP contribution in [-0.4, -0.2) is 42.5 Å². The van der Waals surface area contributed by atoms with E-state index in [0.717, 1.165) is 25.9 Å². The molecule has 0 unspecified atom stereocenters. The molecule has 0 aromatic heterocycles. The van der Waals surface area contributed by atoms with Crippen LogP contribution in [0.3, 0.4) is 0 Å². The van der Waals surface area contributed by atoms with Crippen LogP contribution in [0.25, 0.3) is 0 Å². The lowest BCUT2D eigenvalue weighted by molar-refractivity contribution is -0.121. The van der Waals surface area contributed by atoms with E-state index in [1.165, 1.54) is 0 Å². The van der Waals surface area contributed by atoms with Gasteiger partial charge >= 0.3 is 0 Å². The average Bonchev–Trinajstić information content (AvgIpc) is 2.31. The lowest BCUT2D eigenvalue weighted by Gasteiger charge is -2.30. The minimum Gasteiger partial charge on any atom is -0.355 e. The summed E-state index contributed by atoms with van der Waals surface area (Å²) in [5.74, 6) is 0.155. The van der Waals surface area contributed by atoms with Gasteiger partial charge in [0.1, 0.15) is 0 Å². The topological polar surface area (TPSA) is 58.4 Å². The molecule has 20 heavy (non-hydrogen) atoms. The molecule has 0 rings (SSSR count). The minimum atomic E-state index is 0.155. The molecule has 0 aromatic rings. The summed E-state index contributed by atoms with van der Waals surface area (Å²) in [6.45, 7) is 15.4. The smallest absolute Gasteiger partial charge is 0.220 e. The van der Waals surface area contributed by atoms with Gasteiger partial charge in [0.15, 0.2) is 0 Å². The van der Waals surface area contributed by atoms with Gasteiger partial charge in [0.25, 0.3) is 0 Å². The van der Waals surface area contributed by atoms with Crippen molar-refractivity contribution in [3.63, 3.8) is 0 Å². The Labute approximate surface area is 125 Å². The molecule has 120 valence electrons. The number of hydrogen-bond acceptors (Lipinski definition) is 3. The first kappa shape index (κ1) is 19.4. The molecule has 0 aliphatic carbocycles. The van der Waals surface area contributed by atoms with Crippen LogP contribution >= 0.6 is 0 Å². The highest BCUT2D eigenvalue weighted by Gasteiger charge is 2.18. The van der Waals surface area contributed by atoms with E-state index in [4.69, 9.17) is 5.73 Å². The van der Waals surface area contributed by atoms with Crippen LogP contribution in [0.4, 0.5) is 0 Å². The molecule has 4 nitrogen and oxygen atoms in total. The molecule has 0 saturated carbocycles. The van der Waals surface area contributed by atoms with Crippen molar-refractivity contribution >= 4 is 5.91 Å². The van der Waals surface area contributed by atoms with Crippen molar-refractivity contribution in [2.24, 2.45) is 11.1 Å². The second kappa shape index (κ2) is 9.35. The number of hydrogen-bond donors (Lipinski definition) is 2. The van der Waals surface area contributed by atoms with Gasteiger partial charge in [0.2, 0.25) is 5.91 Å². The third kappa shape index (κ3) is 8.54. The van der Waals surface area contributed by atoms with Crippen molar-refractivity contribution < 1.29 is 4.79 Å². The second-order valence-electron chi connectivity index (χ2n) is 6.98. The number of carbonyl (C=O) groups excluding carboxylic acids is 1. The zero-order valence-corrected chi connectivity index (χ0v) is 14.3. The summed E-state index contributed by atoms with van der Waals surface area (Å²) in [5, 5.41) is 3.03. The van der Waals surface area contributed by atoms with Gasteiger partial charge in [-0.05, 0) is 52.5 Å². The van der Waals surface area contributed by atoms with Crippen LogP contribution in [0.15, 0.2) is 0 Å². The summed E-state index contributed by atoms with van der Waals surface area (Å²) in [5.41, 5.74) is 5.75. The van der Waals surface area contributed by atoms with E-state index in [-0.39, 0.29) is 11.3 Å². The Morgan fingerprint density at radius 3 is 2.15 bits per heavy atom. The normalized spacial score (nSPS) is 12.5. The molecule has 1 amide bonds. The van der Waals surface area contributed by atoms with Crippen LogP contribution in [0.1, 0.15) is 60.8 Å². The van der Waals surface area contributed by atoms with Gasteiger partial charge < -0.3 is 11.1 Å². The van der Waals surface area contributed by atoms with Crippen molar-refractivity contribution in [2.75, 3.05) is 19.6 Å². The second-order valence-corrected chi connectivity index (χ2v) is 6.98. The zero-order valence-electron chi connectivity index (χ0n) is 14.3. The van der Waals surface area contributed by atoms with E-state index in [1.54, 1.807) is 0 Å². The molecule has 0 bridgehead atoms. The van der Waals surface area contributed by atoms with Crippen LogP contribution in [0.2, 0.25) is 0 Å². The fourth-order valence-electron chi connectivity index (χ4n) is 2.49. The Morgan fingerprint density at radius 1 is 1.15 bits per heavy atom. The van der Waals surface area contributed by atoms with E-state index in [9.17, 15) is 4.79 Å². The molecule has 0 aliphatic rings. The third-order valence-corrected chi connectivity index (χ3v) is 3.87. The molecule has 0 aliphatic heterocycles. The first-order chi connectivity index (χ1) is 9.19. The van der Waals surface area contributed by atoms with Crippen LogP contribution in [0.5, 0.6) is 0 Å². The van der Waals surface area contributed by atoms with Gasteiger partial charge in [-0.1, -0.05) is 13.8 Å². The summed E-state index contributed by atoms with van der Waals surface area (Å²) in [4.78, 5) is 14.2. The number of nitrogens with one attached hydrogen (secondary N) is 1. The molecule has 3 N–H and O–H groups in total. The number of nitrogens with two attached hydrogens (primary N) is 1. The lowest BCUT2D eigenvalue weighted by Crippen LogP contribution is -2.42. The average molecular weight is 285 g/mol. The van der Waals surface area contributed by atoms with Gasteiger partial charge in [-0.3, -0.25) is 9.69 Å². The van der Waals surface area contributed by atoms with Crippen LogP contribution in [0, 0.1) is 5.41 Å². The summed E-state index contributed by atoms with van der Waals surface area (Å²) in [6, 6.07) is 1.02. The number of amides is 1. The summed E-state index contributed by atoms with van der Waals surface area (Å²) in [6.07, 6.45) is 2.46. The maximum Gasteiger partial charge on any atom is 0.220 e. The highest BCUT2D eigenvalue weighted by molar-refractivity contribution is 5.75. The van der Waals surface area contributed by atoms with Crippen LogP contribution < -0.4 is 11.1 Å². The first-order valence-electron chi connectivity index (χ1n) is 7.92. The predicted octanol–water partition coefficient (Wildman–Crippen LogP) is 2.38. The summed E-state index contributed by atoms with van der Waals surface area (Å²) in [7, 11) is 0. The maximum atomic E-state index is 11.9. The standard InChI is InChI=1S/C16H35N3O/c1-13(2)19(14(3)4)12-11-18-15(20)7-8-16(5,6)9-10-17/h13-14H,7-12,17H2,1-6H3,(H,18,20). The molecule has 0 atom stereocenters. The fraction of sp³-hybridized carbons (Fsp3) is 0.938. The maximum absolute atomic E-state index is 11.9. The quantitative estimate of drug-likeness (QED) is 0.648. The Hall–Kier alpha value is -0.610. The van der Waals surface area contributed by atoms with E-state index >= 15 is 0 Å². The van der Waals surface area contributed by atoms with Crippen molar-refractivity contribution in [1.82, 2.24) is 10.2 Å². The van der Waals surface area contributed by atoms with E-state index < -0.39 is 0 Å². The highest BCUT2D eigenvalue weighted by atomic mass is 16.1. The molecule has 0 spiro atoms.